The lowest BCUT2D eigenvalue weighted by Crippen LogP contribution is -2.01. The summed E-state index contributed by atoms with van der Waals surface area (Å²) in [5.41, 5.74) is 1.61. The lowest BCUT2D eigenvalue weighted by molar-refractivity contribution is -0.386. The van der Waals surface area contributed by atoms with E-state index in [2.05, 4.69) is 4.98 Å². The largest absolute Gasteiger partial charge is 0.500 e. The van der Waals surface area contributed by atoms with Gasteiger partial charge in [-0.1, -0.05) is 25.1 Å². The number of Topliss-reactive ketones (excluding diaryl/α,β-unsaturated/α-hetero) is 1. The number of nitro groups is 1. The first kappa shape index (κ1) is 19.6. The molecular formula is C21H17N3O5. The van der Waals surface area contributed by atoms with Gasteiger partial charge in [0.2, 0.25) is 11.5 Å². The second-order valence-electron chi connectivity index (χ2n) is 6.24. The third kappa shape index (κ3) is 3.53. The van der Waals surface area contributed by atoms with E-state index in [1.165, 1.54) is 19.3 Å². The summed E-state index contributed by atoms with van der Waals surface area (Å²) in [7, 11) is 1.25. The first-order valence-corrected chi connectivity index (χ1v) is 8.72. The van der Waals surface area contributed by atoms with E-state index in [-0.39, 0.29) is 16.9 Å². The number of phenolic OH excluding ortho intramolecular Hbond substituents is 1. The molecule has 0 atom stereocenters. The molecule has 2 N–H and O–H groups in total. The van der Waals surface area contributed by atoms with Crippen LogP contribution < -0.4 is 4.74 Å². The Morgan fingerprint density at radius 1 is 1.41 bits per heavy atom. The number of para-hydroxylation sites is 1. The Hall–Kier alpha value is -4.12. The van der Waals surface area contributed by atoms with Crippen molar-refractivity contribution >= 4 is 28.4 Å². The Bertz CT molecular complexity index is 1200. The van der Waals surface area contributed by atoms with Crippen molar-refractivity contribution in [3.8, 4) is 17.6 Å². The van der Waals surface area contributed by atoms with Gasteiger partial charge in [-0.3, -0.25) is 14.9 Å². The summed E-state index contributed by atoms with van der Waals surface area (Å²) in [6, 6.07) is 9.84. The molecule has 8 heteroatoms. The van der Waals surface area contributed by atoms with Gasteiger partial charge in [0.1, 0.15) is 11.6 Å². The van der Waals surface area contributed by atoms with E-state index >= 15 is 0 Å². The number of aromatic nitrogens is 1. The zero-order valence-corrected chi connectivity index (χ0v) is 15.7. The lowest BCUT2D eigenvalue weighted by Gasteiger charge is -2.06. The summed E-state index contributed by atoms with van der Waals surface area (Å²) in [6.07, 6.45) is 3.57. The summed E-state index contributed by atoms with van der Waals surface area (Å²) in [4.78, 5) is 26.4. The molecule has 2 aromatic carbocycles. The number of carbonyl (C=O) groups excluding carboxylic acids is 1. The molecule has 0 spiro atoms. The van der Waals surface area contributed by atoms with Crippen LogP contribution in [-0.4, -0.2) is 27.9 Å². The van der Waals surface area contributed by atoms with Gasteiger partial charge in [0.25, 0.3) is 0 Å². The van der Waals surface area contributed by atoms with Crippen molar-refractivity contribution < 1.29 is 19.6 Å². The molecular weight excluding hydrogens is 374 g/mol. The van der Waals surface area contributed by atoms with Gasteiger partial charge in [0.05, 0.1) is 12.0 Å². The van der Waals surface area contributed by atoms with Gasteiger partial charge in [0.15, 0.2) is 5.75 Å². The average Bonchev–Trinajstić information content (AvgIpc) is 3.16. The molecule has 0 aliphatic heterocycles. The molecule has 1 aromatic heterocycles. The number of allylic oxidation sites excluding steroid dienone is 1. The summed E-state index contributed by atoms with van der Waals surface area (Å²) in [5, 5.41) is 31.3. The normalized spacial score (nSPS) is 11.3. The van der Waals surface area contributed by atoms with Crippen LogP contribution in [0.1, 0.15) is 28.4 Å². The number of aromatic hydroxyl groups is 1. The van der Waals surface area contributed by atoms with Gasteiger partial charge in [0, 0.05) is 28.7 Å². The minimum atomic E-state index is -0.769. The molecule has 0 bridgehead atoms. The number of aromatic amines is 1. The Morgan fingerprint density at radius 2 is 2.17 bits per heavy atom. The van der Waals surface area contributed by atoms with E-state index in [1.807, 2.05) is 25.1 Å². The molecule has 0 amide bonds. The summed E-state index contributed by atoms with van der Waals surface area (Å²) < 4.78 is 4.95. The van der Waals surface area contributed by atoms with E-state index in [1.54, 1.807) is 12.3 Å². The third-order valence-electron chi connectivity index (χ3n) is 4.60. The number of hydrogen-bond acceptors (Lipinski definition) is 6. The van der Waals surface area contributed by atoms with Crippen LogP contribution in [0.3, 0.4) is 0 Å². The summed E-state index contributed by atoms with van der Waals surface area (Å²) in [6.45, 7) is 2.00. The maximum atomic E-state index is 13.0. The number of fused-ring (bicyclic) bond motifs is 1. The van der Waals surface area contributed by atoms with Crippen LogP contribution in [0, 0.1) is 21.4 Å². The van der Waals surface area contributed by atoms with Crippen LogP contribution in [-0.2, 0) is 6.42 Å². The van der Waals surface area contributed by atoms with E-state index in [4.69, 9.17) is 4.74 Å². The van der Waals surface area contributed by atoms with Crippen molar-refractivity contribution in [2.45, 2.75) is 13.3 Å². The van der Waals surface area contributed by atoms with Gasteiger partial charge in [-0.15, -0.1) is 0 Å². The molecule has 0 aliphatic carbocycles. The first-order chi connectivity index (χ1) is 13.9. The SMILES string of the molecule is CCc1cccc2c(C(=O)/C(C#N)=C/c3cc(OC)c(O)c([N+](=O)[O-])c3)c[nH]c12. The van der Waals surface area contributed by atoms with Crippen LogP contribution >= 0.6 is 0 Å². The number of nitro benzene ring substituents is 1. The highest BCUT2D eigenvalue weighted by Crippen LogP contribution is 2.37. The topological polar surface area (TPSA) is 129 Å². The molecule has 0 saturated heterocycles. The highest BCUT2D eigenvalue weighted by atomic mass is 16.6. The van der Waals surface area contributed by atoms with E-state index in [0.717, 1.165) is 23.6 Å². The predicted molar refractivity (Wildman–Crippen MR) is 107 cm³/mol. The van der Waals surface area contributed by atoms with Gasteiger partial charge in [-0.05, 0) is 29.7 Å². The molecule has 0 fully saturated rings. The highest BCUT2D eigenvalue weighted by Gasteiger charge is 2.21. The number of methoxy groups -OCH3 is 1. The Balaban J connectivity index is 2.10. The monoisotopic (exact) mass is 391 g/mol. The van der Waals surface area contributed by atoms with Crippen molar-refractivity contribution in [1.82, 2.24) is 4.98 Å². The molecule has 0 unspecified atom stereocenters. The zero-order chi connectivity index (χ0) is 21.1. The number of nitriles is 1. The van der Waals surface area contributed by atoms with Crippen LogP contribution in [0.4, 0.5) is 5.69 Å². The van der Waals surface area contributed by atoms with Gasteiger partial charge < -0.3 is 14.8 Å². The fourth-order valence-corrected chi connectivity index (χ4v) is 3.15. The van der Waals surface area contributed by atoms with Gasteiger partial charge in [-0.2, -0.15) is 5.26 Å². The van der Waals surface area contributed by atoms with Crippen LogP contribution in [0.2, 0.25) is 0 Å². The summed E-state index contributed by atoms with van der Waals surface area (Å²) in [5.74, 6) is -1.26. The van der Waals surface area contributed by atoms with Crippen molar-refractivity contribution in [1.29, 1.82) is 5.26 Å². The number of nitrogens with zero attached hydrogens (tertiary/aromatic N) is 2. The third-order valence-corrected chi connectivity index (χ3v) is 4.60. The standard InChI is InChI=1S/C21H17N3O5/c1-3-13-5-4-6-15-16(11-23-19(13)15)20(25)14(10-22)7-12-8-17(24(27)28)21(26)18(9-12)29-2/h4-9,11,23,26H,3H2,1-2H3/b14-7+. The molecule has 1 heterocycles. The molecule has 0 radical (unpaired) electrons. The number of benzene rings is 2. The fourth-order valence-electron chi connectivity index (χ4n) is 3.15. The first-order valence-electron chi connectivity index (χ1n) is 8.72. The zero-order valence-electron chi connectivity index (χ0n) is 15.7. The van der Waals surface area contributed by atoms with E-state index < -0.39 is 22.1 Å². The molecule has 0 aliphatic rings. The Labute approximate surface area is 165 Å². The quantitative estimate of drug-likeness (QED) is 0.214. The minimum Gasteiger partial charge on any atom is -0.500 e. The van der Waals surface area contributed by atoms with Crippen molar-refractivity contribution in [2.75, 3.05) is 7.11 Å². The average molecular weight is 391 g/mol. The maximum Gasteiger partial charge on any atom is 0.315 e. The minimum absolute atomic E-state index is 0.130. The maximum absolute atomic E-state index is 13.0. The molecule has 29 heavy (non-hydrogen) atoms. The van der Waals surface area contributed by atoms with Crippen LogP contribution in [0.5, 0.6) is 11.5 Å². The molecule has 146 valence electrons. The lowest BCUT2D eigenvalue weighted by atomic mass is 9.99. The number of hydrogen-bond donors (Lipinski definition) is 2. The number of rotatable bonds is 6. The number of carbonyl (C=O) groups is 1. The van der Waals surface area contributed by atoms with Crippen molar-refractivity contribution in [3.05, 3.63) is 68.9 Å². The fraction of sp³-hybridized carbons (Fsp3) is 0.143. The Kier molecular flexibility index (Phi) is 5.32. The molecule has 3 rings (SSSR count). The van der Waals surface area contributed by atoms with E-state index in [0.29, 0.717) is 10.9 Å². The van der Waals surface area contributed by atoms with Crippen molar-refractivity contribution in [2.24, 2.45) is 0 Å². The molecule has 0 saturated carbocycles. The number of phenols is 1. The molecule has 8 nitrogen and oxygen atoms in total. The number of ether oxygens (including phenoxy) is 1. The van der Waals surface area contributed by atoms with E-state index in [9.17, 15) is 25.3 Å². The number of ketones is 1. The van der Waals surface area contributed by atoms with Crippen LogP contribution in [0.25, 0.3) is 17.0 Å². The Morgan fingerprint density at radius 3 is 2.79 bits per heavy atom. The highest BCUT2D eigenvalue weighted by molar-refractivity contribution is 6.20. The summed E-state index contributed by atoms with van der Waals surface area (Å²) >= 11 is 0. The van der Waals surface area contributed by atoms with Gasteiger partial charge >= 0.3 is 5.69 Å². The van der Waals surface area contributed by atoms with Crippen LogP contribution in [0.15, 0.2) is 42.1 Å². The molecule has 3 aromatic rings. The number of nitrogens with one attached hydrogen (secondary N) is 1. The predicted octanol–water partition coefficient (Wildman–Crippen LogP) is 4.14. The second kappa shape index (κ2) is 7.86. The smallest absolute Gasteiger partial charge is 0.315 e. The second-order valence-corrected chi connectivity index (χ2v) is 6.24. The van der Waals surface area contributed by atoms with Crippen molar-refractivity contribution in [3.63, 3.8) is 0 Å². The van der Waals surface area contributed by atoms with Gasteiger partial charge in [-0.25, -0.2) is 0 Å². The number of aryl methyl sites for hydroxylation is 1. The number of H-pyrrole nitrogens is 1.